The third-order valence-electron chi connectivity index (χ3n) is 3.00. The molecular weight excluding hydrogens is 274 g/mol. The molecule has 9 heteroatoms. The first-order valence-corrected chi connectivity index (χ1v) is 6.18. The number of nitrogens with zero attached hydrogens (tertiary/aromatic N) is 6. The van der Waals surface area contributed by atoms with Gasteiger partial charge in [0.05, 0.1) is 5.69 Å². The van der Waals surface area contributed by atoms with E-state index in [1.165, 1.54) is 17.9 Å². The van der Waals surface area contributed by atoms with Gasteiger partial charge >= 0.3 is 5.69 Å². The maximum absolute atomic E-state index is 12.0. The Hall–Kier alpha value is -2.97. The molecule has 0 spiro atoms. The van der Waals surface area contributed by atoms with Crippen molar-refractivity contribution in [1.82, 2.24) is 35.0 Å². The molecule has 3 aromatic rings. The number of aromatic nitrogens is 7. The van der Waals surface area contributed by atoms with E-state index in [-0.39, 0.29) is 12.3 Å². The molecule has 0 aliphatic heterocycles. The minimum absolute atomic E-state index is 0.148. The molecule has 108 valence electrons. The van der Waals surface area contributed by atoms with Crippen LogP contribution in [-0.2, 0) is 13.7 Å². The van der Waals surface area contributed by atoms with Gasteiger partial charge in [0.1, 0.15) is 6.61 Å². The quantitative estimate of drug-likeness (QED) is 0.723. The van der Waals surface area contributed by atoms with E-state index in [1.807, 2.05) is 6.92 Å². The third-order valence-corrected chi connectivity index (χ3v) is 3.00. The second-order valence-electron chi connectivity index (χ2n) is 4.35. The summed E-state index contributed by atoms with van der Waals surface area (Å²) in [5.74, 6) is 0.315. The first-order chi connectivity index (χ1) is 10.6. The molecule has 21 heavy (non-hydrogen) atoms. The Morgan fingerprint density at radius 3 is 2.95 bits per heavy atom. The van der Waals surface area contributed by atoms with Crippen LogP contribution in [0.2, 0.25) is 1.41 Å². The van der Waals surface area contributed by atoms with Crippen molar-refractivity contribution in [3.63, 3.8) is 0 Å². The monoisotopic (exact) mass is 289 g/mol. The van der Waals surface area contributed by atoms with E-state index in [1.54, 1.807) is 18.3 Å². The molecule has 0 fully saturated rings. The van der Waals surface area contributed by atoms with E-state index < -0.39 is 0 Å². The molecule has 3 rings (SSSR count). The van der Waals surface area contributed by atoms with Crippen LogP contribution >= 0.6 is 0 Å². The van der Waals surface area contributed by atoms with E-state index in [9.17, 15) is 4.79 Å². The van der Waals surface area contributed by atoms with Crippen LogP contribution in [0.15, 0.2) is 29.3 Å². The van der Waals surface area contributed by atoms with Gasteiger partial charge in [0.2, 0.25) is 5.88 Å². The number of ether oxygens (including phenoxy) is 1. The van der Waals surface area contributed by atoms with E-state index in [0.717, 1.165) is 9.77 Å². The number of hydrogen-bond donors (Lipinski definition) is 1. The highest BCUT2D eigenvalue weighted by molar-refractivity contribution is 5.41. The van der Waals surface area contributed by atoms with Gasteiger partial charge in [-0.3, -0.25) is 10.1 Å². The van der Waals surface area contributed by atoms with Crippen molar-refractivity contribution in [3.05, 3.63) is 46.3 Å². The number of aryl methyl sites for hydroxylation is 2. The molecule has 0 bridgehead atoms. The summed E-state index contributed by atoms with van der Waals surface area (Å²) in [7, 11) is 1.52. The van der Waals surface area contributed by atoms with Crippen LogP contribution in [-0.4, -0.2) is 35.0 Å². The average Bonchev–Trinajstić information content (AvgIpc) is 3.05. The molecule has 0 aromatic carbocycles. The number of hydrogen-bond acceptors (Lipinski definition) is 6. The van der Waals surface area contributed by atoms with Gasteiger partial charge in [0, 0.05) is 36.8 Å². The van der Waals surface area contributed by atoms with E-state index in [4.69, 9.17) is 6.15 Å². The molecule has 0 aliphatic rings. The standard InChI is InChI=1S/C12H13N7O2/c1-8-9(7-21-11-4-6-14-15-11)10(3-5-13-8)19-12(20)18(2)16-17-19/h3-6H,7H2,1-2H3,(H,14,15)/i/hT. The Labute approximate surface area is 120 Å². The van der Waals surface area contributed by atoms with Crippen LogP contribution < -0.4 is 10.4 Å². The molecule has 3 aromatic heterocycles. The number of aromatic amines is 1. The highest BCUT2D eigenvalue weighted by Gasteiger charge is 2.14. The Morgan fingerprint density at radius 2 is 2.29 bits per heavy atom. The summed E-state index contributed by atoms with van der Waals surface area (Å²) in [6.45, 7) is 1.96. The number of pyridine rings is 1. The minimum atomic E-state index is -0.359. The van der Waals surface area contributed by atoms with Crippen molar-refractivity contribution in [2.24, 2.45) is 7.05 Å². The van der Waals surface area contributed by atoms with Crippen LogP contribution in [0.4, 0.5) is 0 Å². The minimum Gasteiger partial charge on any atom is -0.472 e. The summed E-state index contributed by atoms with van der Waals surface area (Å²) in [4.78, 5) is 16.2. The second-order valence-corrected chi connectivity index (χ2v) is 4.35. The molecule has 3 heterocycles. The van der Waals surface area contributed by atoms with Crippen LogP contribution in [0.25, 0.3) is 5.69 Å². The fraction of sp³-hybridized carbons (Fsp3) is 0.250. The zero-order valence-electron chi connectivity index (χ0n) is 12.5. The number of rotatable bonds is 4. The summed E-state index contributed by atoms with van der Waals surface area (Å²) in [5.41, 5.74) is 1.60. The van der Waals surface area contributed by atoms with Crippen molar-refractivity contribution < 1.29 is 6.15 Å². The van der Waals surface area contributed by atoms with E-state index >= 15 is 0 Å². The van der Waals surface area contributed by atoms with Crippen molar-refractivity contribution in [2.45, 2.75) is 13.5 Å². The van der Waals surface area contributed by atoms with Crippen LogP contribution in [0.1, 0.15) is 11.3 Å². The van der Waals surface area contributed by atoms with Gasteiger partial charge in [0.15, 0.2) is 1.41 Å². The topological polar surface area (TPSA) is 104 Å². The first kappa shape index (κ1) is 11.8. The molecule has 0 radical (unpaired) electrons. The van der Waals surface area contributed by atoms with Gasteiger partial charge in [-0.05, 0) is 23.4 Å². The smallest absolute Gasteiger partial charge is 0.368 e. The Bertz CT molecular complexity index is 866. The molecule has 0 saturated heterocycles. The zero-order valence-corrected chi connectivity index (χ0v) is 11.5. The fourth-order valence-corrected chi connectivity index (χ4v) is 1.87. The average molecular weight is 289 g/mol. The lowest BCUT2D eigenvalue weighted by Gasteiger charge is -2.10. The lowest BCUT2D eigenvalue weighted by molar-refractivity contribution is 0.291. The lowest BCUT2D eigenvalue weighted by atomic mass is 10.2. The third kappa shape index (κ3) is 2.40. The van der Waals surface area contributed by atoms with Gasteiger partial charge in [-0.2, -0.15) is 9.36 Å². The summed E-state index contributed by atoms with van der Waals surface area (Å²) in [6.07, 6.45) is 3.05. The summed E-state index contributed by atoms with van der Waals surface area (Å²) in [6, 6.07) is 3.25. The molecule has 0 unspecified atom stereocenters. The van der Waals surface area contributed by atoms with Gasteiger partial charge in [0.25, 0.3) is 0 Å². The molecule has 1 N–H and O–H groups in total. The zero-order chi connectivity index (χ0) is 15.7. The molecular formula is C12H13N7O2. The van der Waals surface area contributed by atoms with Crippen molar-refractivity contribution >= 4 is 0 Å². The molecule has 0 amide bonds. The largest absolute Gasteiger partial charge is 0.472 e. The van der Waals surface area contributed by atoms with Crippen molar-refractivity contribution in [1.29, 1.82) is 0 Å². The van der Waals surface area contributed by atoms with Crippen LogP contribution in [0, 0.1) is 6.92 Å². The number of nitrogens with one attached hydrogen (secondary N) is 1. The maximum Gasteiger partial charge on any atom is 0.368 e. The maximum atomic E-state index is 12.0. The normalized spacial score (nSPS) is 11.4. The van der Waals surface area contributed by atoms with Gasteiger partial charge in [-0.1, -0.05) is 0 Å². The van der Waals surface area contributed by atoms with E-state index in [0.29, 0.717) is 22.8 Å². The molecule has 0 atom stereocenters. The molecule has 0 aliphatic carbocycles. The van der Waals surface area contributed by atoms with Gasteiger partial charge in [-0.25, -0.2) is 4.79 Å². The number of H-pyrrole nitrogens is 1. The Kier molecular flexibility index (Phi) is 2.92. The Balaban J connectivity index is 1.96. The second kappa shape index (κ2) is 5.19. The molecule has 9 nitrogen and oxygen atoms in total. The summed E-state index contributed by atoms with van der Waals surface area (Å²) < 4.78 is 15.2. The summed E-state index contributed by atoms with van der Waals surface area (Å²) >= 11 is 0. The number of tetrazole rings is 1. The lowest BCUT2D eigenvalue weighted by Crippen LogP contribution is -2.23. The fourth-order valence-electron chi connectivity index (χ4n) is 1.87. The highest BCUT2D eigenvalue weighted by atomic mass is 16.5. The predicted octanol–water partition coefficient (Wildman–Crippen LogP) is -0.0285. The SMILES string of the molecule is [3H]n1ccc(OCc2c(-n3nnn(C)c3=O)ccnc2C)n1. The van der Waals surface area contributed by atoms with Gasteiger partial charge in [-0.15, -0.1) is 5.10 Å². The van der Waals surface area contributed by atoms with Crippen molar-refractivity contribution in [3.8, 4) is 11.6 Å². The Morgan fingerprint density at radius 1 is 1.43 bits per heavy atom. The first-order valence-electron chi connectivity index (χ1n) is 6.62. The summed E-state index contributed by atoms with van der Waals surface area (Å²) in [5, 5.41) is 12.3. The van der Waals surface area contributed by atoms with E-state index in [2.05, 4.69) is 20.5 Å². The highest BCUT2D eigenvalue weighted by Crippen LogP contribution is 2.17. The van der Waals surface area contributed by atoms with Gasteiger partial charge < -0.3 is 4.74 Å². The van der Waals surface area contributed by atoms with Crippen LogP contribution in [0.5, 0.6) is 5.88 Å². The molecule has 0 saturated carbocycles. The van der Waals surface area contributed by atoms with Crippen molar-refractivity contribution in [2.75, 3.05) is 0 Å². The predicted molar refractivity (Wildman–Crippen MR) is 72.1 cm³/mol. The van der Waals surface area contributed by atoms with Crippen LogP contribution in [0.3, 0.4) is 0 Å².